The minimum Gasteiger partial charge on any atom is -0.362 e. The highest BCUT2D eigenvalue weighted by Gasteiger charge is 2.24. The first kappa shape index (κ1) is 19.7. The number of nitrogens with zero attached hydrogens (tertiary/aromatic N) is 3. The Morgan fingerprint density at radius 1 is 1.07 bits per heavy atom. The number of hydrogen-bond donors (Lipinski definition) is 2. The molecule has 154 valence electrons. The van der Waals surface area contributed by atoms with Crippen molar-refractivity contribution in [3.63, 3.8) is 0 Å². The number of aromatic nitrogens is 2. The summed E-state index contributed by atoms with van der Waals surface area (Å²) in [5.74, 6) is 2.25. The summed E-state index contributed by atoms with van der Waals surface area (Å²) < 4.78 is 0. The van der Waals surface area contributed by atoms with E-state index < -0.39 is 0 Å². The van der Waals surface area contributed by atoms with Crippen LogP contribution in [0.2, 0.25) is 0 Å². The highest BCUT2D eigenvalue weighted by Crippen LogP contribution is 2.27. The lowest BCUT2D eigenvalue weighted by atomic mass is 9.91. The number of allylic oxidation sites excluding steroid dienone is 2. The number of para-hydroxylation sites is 1. The summed E-state index contributed by atoms with van der Waals surface area (Å²) in [5, 5.41) is 7.83. The largest absolute Gasteiger partial charge is 0.362 e. The molecular weight excluding hydrogens is 362 g/mol. The summed E-state index contributed by atoms with van der Waals surface area (Å²) >= 11 is 0. The number of hydrogen-bond acceptors (Lipinski definition) is 5. The minimum atomic E-state index is 0.200. The second-order valence-corrected chi connectivity index (χ2v) is 8.51. The van der Waals surface area contributed by atoms with Crippen molar-refractivity contribution < 1.29 is 4.79 Å². The fourth-order valence-corrected chi connectivity index (χ4v) is 4.42. The third-order valence-electron chi connectivity index (χ3n) is 5.99. The SMILES string of the molecule is CN(C)c1nc(NC2CCC(NC(=O)CC3C=CCC3)CC2)nc2ccccc12. The van der Waals surface area contributed by atoms with Crippen molar-refractivity contribution in [3.05, 3.63) is 36.4 Å². The normalized spacial score (nSPS) is 23.9. The molecule has 1 amide bonds. The van der Waals surface area contributed by atoms with Gasteiger partial charge in [0.25, 0.3) is 0 Å². The van der Waals surface area contributed by atoms with Crippen LogP contribution in [-0.2, 0) is 4.79 Å². The van der Waals surface area contributed by atoms with Crippen LogP contribution >= 0.6 is 0 Å². The molecule has 1 unspecified atom stereocenters. The molecule has 0 radical (unpaired) electrons. The van der Waals surface area contributed by atoms with Gasteiger partial charge < -0.3 is 15.5 Å². The molecular formula is C23H31N5O. The number of anilines is 2. The van der Waals surface area contributed by atoms with Gasteiger partial charge >= 0.3 is 0 Å². The van der Waals surface area contributed by atoms with E-state index in [9.17, 15) is 4.79 Å². The molecule has 1 aromatic carbocycles. The second kappa shape index (κ2) is 8.80. The maximum Gasteiger partial charge on any atom is 0.225 e. The van der Waals surface area contributed by atoms with E-state index in [-0.39, 0.29) is 5.91 Å². The molecule has 1 saturated carbocycles. The van der Waals surface area contributed by atoms with Crippen LogP contribution in [-0.4, -0.2) is 42.1 Å². The van der Waals surface area contributed by atoms with Crippen LogP contribution in [0, 0.1) is 5.92 Å². The first-order valence-corrected chi connectivity index (χ1v) is 10.7. The zero-order valence-corrected chi connectivity index (χ0v) is 17.4. The van der Waals surface area contributed by atoms with Crippen LogP contribution < -0.4 is 15.5 Å². The summed E-state index contributed by atoms with van der Waals surface area (Å²) in [4.78, 5) is 23.8. The average molecular weight is 394 g/mol. The molecule has 0 aliphatic heterocycles. The molecule has 6 heteroatoms. The molecule has 1 aromatic heterocycles. The molecule has 0 saturated heterocycles. The first-order chi connectivity index (χ1) is 14.1. The Hall–Kier alpha value is -2.63. The Balaban J connectivity index is 1.32. The Labute approximate surface area is 172 Å². The molecule has 4 rings (SSSR count). The standard InChI is InChI=1S/C23H31N5O/c1-28(2)22-19-9-5-6-10-20(19)26-23(27-22)25-18-13-11-17(12-14-18)24-21(29)15-16-7-3-4-8-16/h3,5-7,9-10,16-18H,4,8,11-15H2,1-2H3,(H,24,29)(H,25,26,27). The molecule has 2 N–H and O–H groups in total. The van der Waals surface area contributed by atoms with Gasteiger partial charge in [0.1, 0.15) is 5.82 Å². The fraction of sp³-hybridized carbons (Fsp3) is 0.522. The van der Waals surface area contributed by atoms with Crippen LogP contribution in [0.4, 0.5) is 11.8 Å². The van der Waals surface area contributed by atoms with Gasteiger partial charge in [-0.3, -0.25) is 4.79 Å². The van der Waals surface area contributed by atoms with Crippen LogP contribution in [0.15, 0.2) is 36.4 Å². The molecule has 6 nitrogen and oxygen atoms in total. The van der Waals surface area contributed by atoms with Crippen LogP contribution in [0.5, 0.6) is 0 Å². The summed E-state index contributed by atoms with van der Waals surface area (Å²) in [7, 11) is 4.02. The molecule has 2 aliphatic rings. The Bertz CT molecular complexity index is 886. The van der Waals surface area contributed by atoms with E-state index in [4.69, 9.17) is 9.97 Å². The van der Waals surface area contributed by atoms with Gasteiger partial charge in [0.2, 0.25) is 11.9 Å². The summed E-state index contributed by atoms with van der Waals surface area (Å²) in [6, 6.07) is 8.75. The Kier molecular flexibility index (Phi) is 5.97. The number of benzene rings is 1. The van der Waals surface area contributed by atoms with Crippen molar-refractivity contribution in [2.45, 2.75) is 57.0 Å². The van der Waals surface area contributed by atoms with Gasteiger partial charge in [-0.05, 0) is 56.6 Å². The topological polar surface area (TPSA) is 70.2 Å². The Morgan fingerprint density at radius 3 is 2.55 bits per heavy atom. The van der Waals surface area contributed by atoms with E-state index >= 15 is 0 Å². The Morgan fingerprint density at radius 2 is 1.83 bits per heavy atom. The van der Waals surface area contributed by atoms with Gasteiger partial charge in [-0.1, -0.05) is 24.3 Å². The molecule has 2 aliphatic carbocycles. The average Bonchev–Trinajstić information content (AvgIpc) is 3.21. The molecule has 2 aromatic rings. The van der Waals surface area contributed by atoms with Gasteiger partial charge in [0.05, 0.1) is 5.52 Å². The van der Waals surface area contributed by atoms with Crippen LogP contribution in [0.1, 0.15) is 44.9 Å². The molecule has 29 heavy (non-hydrogen) atoms. The first-order valence-electron chi connectivity index (χ1n) is 10.7. The van der Waals surface area contributed by atoms with Crippen molar-refractivity contribution in [1.29, 1.82) is 0 Å². The van der Waals surface area contributed by atoms with E-state index in [0.717, 1.165) is 55.2 Å². The third kappa shape index (κ3) is 4.86. The van der Waals surface area contributed by atoms with Crippen LogP contribution in [0.3, 0.4) is 0 Å². The number of nitrogens with one attached hydrogen (secondary N) is 2. The van der Waals surface area contributed by atoms with E-state index in [2.05, 4.69) is 28.9 Å². The zero-order chi connectivity index (χ0) is 20.2. The van der Waals surface area contributed by atoms with Gasteiger partial charge in [-0.2, -0.15) is 4.98 Å². The summed E-state index contributed by atoms with van der Waals surface area (Å²) in [6.45, 7) is 0. The van der Waals surface area contributed by atoms with E-state index in [0.29, 0.717) is 30.4 Å². The molecule has 1 fully saturated rings. The predicted molar refractivity (Wildman–Crippen MR) is 118 cm³/mol. The van der Waals surface area contributed by atoms with E-state index in [1.807, 2.05) is 37.2 Å². The molecule has 1 atom stereocenters. The van der Waals surface area contributed by atoms with Crippen LogP contribution in [0.25, 0.3) is 10.9 Å². The highest BCUT2D eigenvalue weighted by atomic mass is 16.1. The third-order valence-corrected chi connectivity index (χ3v) is 5.99. The lowest BCUT2D eigenvalue weighted by molar-refractivity contribution is -0.122. The second-order valence-electron chi connectivity index (χ2n) is 8.51. The molecule has 0 spiro atoms. The van der Waals surface area contributed by atoms with Gasteiger partial charge in [0, 0.05) is 38.0 Å². The molecule has 0 bridgehead atoms. The number of rotatable bonds is 6. The maximum atomic E-state index is 12.3. The number of carbonyl (C=O) groups is 1. The van der Waals surface area contributed by atoms with Gasteiger partial charge in [-0.15, -0.1) is 0 Å². The summed E-state index contributed by atoms with van der Waals surface area (Å²) in [6.07, 6.45) is 11.3. The van der Waals surface area contributed by atoms with Crippen molar-refractivity contribution in [1.82, 2.24) is 15.3 Å². The smallest absolute Gasteiger partial charge is 0.225 e. The van der Waals surface area contributed by atoms with E-state index in [1.165, 1.54) is 0 Å². The number of carbonyl (C=O) groups excluding carboxylic acids is 1. The zero-order valence-electron chi connectivity index (χ0n) is 17.4. The monoisotopic (exact) mass is 393 g/mol. The lowest BCUT2D eigenvalue weighted by Crippen LogP contribution is -2.40. The number of fused-ring (bicyclic) bond motifs is 1. The minimum absolute atomic E-state index is 0.200. The predicted octanol–water partition coefficient (Wildman–Crippen LogP) is 3.89. The quantitative estimate of drug-likeness (QED) is 0.729. The lowest BCUT2D eigenvalue weighted by Gasteiger charge is -2.30. The fourth-order valence-electron chi connectivity index (χ4n) is 4.42. The molecule has 1 heterocycles. The number of amides is 1. The van der Waals surface area contributed by atoms with Gasteiger partial charge in [0.15, 0.2) is 0 Å². The van der Waals surface area contributed by atoms with Crippen molar-refractivity contribution >= 4 is 28.6 Å². The van der Waals surface area contributed by atoms with Crippen molar-refractivity contribution in [3.8, 4) is 0 Å². The van der Waals surface area contributed by atoms with Crippen molar-refractivity contribution in [2.75, 3.05) is 24.3 Å². The van der Waals surface area contributed by atoms with Gasteiger partial charge in [-0.25, -0.2) is 4.98 Å². The summed E-state index contributed by atoms with van der Waals surface area (Å²) in [5.41, 5.74) is 0.954. The van der Waals surface area contributed by atoms with Crippen molar-refractivity contribution in [2.24, 2.45) is 5.92 Å². The maximum absolute atomic E-state index is 12.3. The van der Waals surface area contributed by atoms with E-state index in [1.54, 1.807) is 0 Å². The highest BCUT2D eigenvalue weighted by molar-refractivity contribution is 5.90.